The van der Waals surface area contributed by atoms with Crippen LogP contribution in [-0.2, 0) is 14.6 Å². The second-order valence-corrected chi connectivity index (χ2v) is 10.7. The van der Waals surface area contributed by atoms with E-state index in [0.717, 1.165) is 11.3 Å². The standard InChI is InChI=1S/C22H23N5O4S2/c28-19(8-16-33(30,31)20-3-1-15-32-20)25-18-6-4-17(5-7-18)21(29)26-11-13-27(14-12-26)22-23-9-2-10-24-22/h1-7,9-10,15H,8,11-14,16H2,(H,25,28). The van der Waals surface area contributed by atoms with Crippen LogP contribution in [0.5, 0.6) is 0 Å². The van der Waals surface area contributed by atoms with Crippen LogP contribution in [0.2, 0.25) is 0 Å². The SMILES string of the molecule is O=C(CCS(=O)(=O)c1cccs1)Nc1ccc(C(=O)N2CCN(c3ncccn3)CC2)cc1. The number of carbonyl (C=O) groups is 2. The first-order chi connectivity index (χ1) is 15.9. The van der Waals surface area contributed by atoms with E-state index in [4.69, 9.17) is 0 Å². The lowest BCUT2D eigenvalue weighted by molar-refractivity contribution is -0.115. The molecule has 172 valence electrons. The van der Waals surface area contributed by atoms with E-state index in [1.54, 1.807) is 59.1 Å². The van der Waals surface area contributed by atoms with E-state index in [2.05, 4.69) is 15.3 Å². The summed E-state index contributed by atoms with van der Waals surface area (Å²) in [5.41, 5.74) is 1.04. The van der Waals surface area contributed by atoms with Gasteiger partial charge in [-0.2, -0.15) is 0 Å². The third kappa shape index (κ3) is 5.74. The summed E-state index contributed by atoms with van der Waals surface area (Å²) in [5.74, 6) is -0.0690. The van der Waals surface area contributed by atoms with Crippen molar-refractivity contribution in [2.45, 2.75) is 10.6 Å². The first kappa shape index (κ1) is 22.9. The Hall–Kier alpha value is -3.31. The maximum Gasteiger partial charge on any atom is 0.253 e. The third-order valence-corrected chi connectivity index (χ3v) is 8.42. The molecule has 1 saturated heterocycles. The molecule has 2 amide bonds. The Balaban J connectivity index is 1.27. The van der Waals surface area contributed by atoms with Crippen LogP contribution in [0, 0.1) is 0 Å². The number of piperazine rings is 1. The van der Waals surface area contributed by atoms with Gasteiger partial charge in [0.25, 0.3) is 5.91 Å². The van der Waals surface area contributed by atoms with Gasteiger partial charge in [0, 0.05) is 56.2 Å². The minimum atomic E-state index is -3.46. The highest BCUT2D eigenvalue weighted by Gasteiger charge is 2.23. The van der Waals surface area contributed by atoms with Gasteiger partial charge in [-0.15, -0.1) is 11.3 Å². The number of sulfone groups is 1. The van der Waals surface area contributed by atoms with E-state index >= 15 is 0 Å². The number of aromatic nitrogens is 2. The molecule has 1 fully saturated rings. The van der Waals surface area contributed by atoms with Crippen LogP contribution in [0.4, 0.5) is 11.6 Å². The molecular weight excluding hydrogens is 462 g/mol. The maximum absolute atomic E-state index is 12.8. The Morgan fingerprint density at radius 1 is 0.970 bits per heavy atom. The highest BCUT2D eigenvalue weighted by molar-refractivity contribution is 7.93. The number of nitrogens with zero attached hydrogens (tertiary/aromatic N) is 4. The van der Waals surface area contributed by atoms with Gasteiger partial charge < -0.3 is 15.1 Å². The Bertz CT molecular complexity index is 1190. The average molecular weight is 486 g/mol. The molecule has 0 saturated carbocycles. The number of nitrogens with one attached hydrogen (secondary N) is 1. The molecule has 0 radical (unpaired) electrons. The van der Waals surface area contributed by atoms with Gasteiger partial charge >= 0.3 is 0 Å². The molecule has 2 aromatic heterocycles. The quantitative estimate of drug-likeness (QED) is 0.546. The van der Waals surface area contributed by atoms with E-state index in [1.165, 1.54) is 6.07 Å². The largest absolute Gasteiger partial charge is 0.337 e. The summed E-state index contributed by atoms with van der Waals surface area (Å²) in [6.07, 6.45) is 3.25. The van der Waals surface area contributed by atoms with Crippen molar-refractivity contribution in [3.05, 3.63) is 65.8 Å². The molecule has 0 spiro atoms. The van der Waals surface area contributed by atoms with Crippen LogP contribution >= 0.6 is 11.3 Å². The van der Waals surface area contributed by atoms with Crippen molar-refractivity contribution < 1.29 is 18.0 Å². The number of hydrogen-bond donors (Lipinski definition) is 1. The van der Waals surface area contributed by atoms with Gasteiger partial charge in [-0.05, 0) is 41.8 Å². The fourth-order valence-corrected chi connectivity index (χ4v) is 5.83. The second kappa shape index (κ2) is 10.1. The first-order valence-corrected chi connectivity index (χ1v) is 12.9. The lowest BCUT2D eigenvalue weighted by Gasteiger charge is -2.34. The van der Waals surface area contributed by atoms with Crippen LogP contribution in [0.15, 0.2) is 64.4 Å². The summed E-state index contributed by atoms with van der Waals surface area (Å²) >= 11 is 1.14. The van der Waals surface area contributed by atoms with Crippen molar-refractivity contribution >= 4 is 44.6 Å². The summed E-state index contributed by atoms with van der Waals surface area (Å²) in [4.78, 5) is 37.3. The predicted octanol–water partition coefficient (Wildman–Crippen LogP) is 2.30. The van der Waals surface area contributed by atoms with Gasteiger partial charge in [0.05, 0.1) is 5.75 Å². The van der Waals surface area contributed by atoms with Gasteiger partial charge in [0.2, 0.25) is 11.9 Å². The molecule has 0 bridgehead atoms. The Morgan fingerprint density at radius 2 is 1.67 bits per heavy atom. The minimum Gasteiger partial charge on any atom is -0.337 e. The van der Waals surface area contributed by atoms with Crippen LogP contribution < -0.4 is 10.2 Å². The van der Waals surface area contributed by atoms with Crippen molar-refractivity contribution in [3.63, 3.8) is 0 Å². The molecule has 1 N–H and O–H groups in total. The molecule has 11 heteroatoms. The maximum atomic E-state index is 12.8. The van der Waals surface area contributed by atoms with Crippen LogP contribution in [0.25, 0.3) is 0 Å². The van der Waals surface area contributed by atoms with Crippen LogP contribution in [0.3, 0.4) is 0 Å². The zero-order valence-electron chi connectivity index (χ0n) is 17.8. The molecular formula is C22H23N5O4S2. The van der Waals surface area contributed by atoms with E-state index in [1.807, 2.05) is 4.90 Å². The molecule has 0 aliphatic carbocycles. The first-order valence-electron chi connectivity index (χ1n) is 10.4. The van der Waals surface area contributed by atoms with Crippen molar-refractivity contribution in [1.82, 2.24) is 14.9 Å². The van der Waals surface area contributed by atoms with E-state index in [0.29, 0.717) is 43.4 Å². The number of amides is 2. The molecule has 1 aliphatic heterocycles. The highest BCUT2D eigenvalue weighted by Crippen LogP contribution is 2.19. The summed E-state index contributed by atoms with van der Waals surface area (Å²) in [5, 5.41) is 4.37. The van der Waals surface area contributed by atoms with Crippen LogP contribution in [0.1, 0.15) is 16.8 Å². The van der Waals surface area contributed by atoms with Gasteiger partial charge in [0.15, 0.2) is 9.84 Å². The molecule has 0 atom stereocenters. The van der Waals surface area contributed by atoms with E-state index < -0.39 is 15.7 Å². The van der Waals surface area contributed by atoms with E-state index in [-0.39, 0.29) is 22.3 Å². The normalized spacial score (nSPS) is 14.2. The van der Waals surface area contributed by atoms with Gasteiger partial charge in [-0.25, -0.2) is 18.4 Å². The fraction of sp³-hybridized carbons (Fsp3) is 0.273. The fourth-order valence-electron chi connectivity index (χ4n) is 3.43. The van der Waals surface area contributed by atoms with Crippen LogP contribution in [-0.4, -0.2) is 67.0 Å². The number of carbonyl (C=O) groups excluding carboxylic acids is 2. The lowest BCUT2D eigenvalue weighted by atomic mass is 10.1. The molecule has 3 aromatic rings. The Kier molecular flexibility index (Phi) is 6.99. The number of benzene rings is 1. The molecule has 33 heavy (non-hydrogen) atoms. The Morgan fingerprint density at radius 3 is 2.30 bits per heavy atom. The summed E-state index contributed by atoms with van der Waals surface area (Å²) < 4.78 is 24.7. The molecule has 4 rings (SSSR count). The zero-order valence-corrected chi connectivity index (χ0v) is 19.4. The summed E-state index contributed by atoms with van der Waals surface area (Å²) in [6.45, 7) is 2.43. The second-order valence-electron chi connectivity index (χ2n) is 7.45. The van der Waals surface area contributed by atoms with Crippen molar-refractivity contribution in [2.75, 3.05) is 42.1 Å². The number of hydrogen-bond acceptors (Lipinski definition) is 8. The number of thiophene rings is 1. The van der Waals surface area contributed by atoms with Crippen molar-refractivity contribution in [3.8, 4) is 0 Å². The van der Waals surface area contributed by atoms with Gasteiger partial charge in [-0.1, -0.05) is 6.07 Å². The van der Waals surface area contributed by atoms with E-state index in [9.17, 15) is 18.0 Å². The predicted molar refractivity (Wildman–Crippen MR) is 126 cm³/mol. The molecule has 0 unspecified atom stereocenters. The minimum absolute atomic E-state index is 0.0800. The summed E-state index contributed by atoms with van der Waals surface area (Å²) in [6, 6.07) is 11.6. The number of rotatable bonds is 7. The third-order valence-electron chi connectivity index (χ3n) is 5.22. The molecule has 1 aliphatic rings. The molecule has 9 nitrogen and oxygen atoms in total. The number of anilines is 2. The monoisotopic (exact) mass is 485 g/mol. The Labute approximate surface area is 196 Å². The van der Waals surface area contributed by atoms with Gasteiger partial charge in [0.1, 0.15) is 4.21 Å². The van der Waals surface area contributed by atoms with Crippen molar-refractivity contribution in [1.29, 1.82) is 0 Å². The highest BCUT2D eigenvalue weighted by atomic mass is 32.2. The summed E-state index contributed by atoms with van der Waals surface area (Å²) in [7, 11) is -3.46. The van der Waals surface area contributed by atoms with Crippen molar-refractivity contribution in [2.24, 2.45) is 0 Å². The molecule has 1 aromatic carbocycles. The molecule has 3 heterocycles. The average Bonchev–Trinajstić information content (AvgIpc) is 3.40. The topological polar surface area (TPSA) is 113 Å². The van der Waals surface area contributed by atoms with Gasteiger partial charge in [-0.3, -0.25) is 9.59 Å². The lowest BCUT2D eigenvalue weighted by Crippen LogP contribution is -2.49. The smallest absolute Gasteiger partial charge is 0.253 e. The zero-order chi connectivity index (χ0) is 23.3.